The number of anilines is 1. The minimum Gasteiger partial charge on any atom is -0.351 e. The van der Waals surface area contributed by atoms with Crippen LogP contribution >= 0.6 is 0 Å². The van der Waals surface area contributed by atoms with E-state index in [0.717, 1.165) is 18.5 Å². The van der Waals surface area contributed by atoms with Crippen molar-refractivity contribution < 1.29 is 13.2 Å². The smallest absolute Gasteiger partial charge is 0.251 e. The van der Waals surface area contributed by atoms with Crippen molar-refractivity contribution in [1.82, 2.24) is 10.2 Å². The molecule has 2 rings (SSSR count). The van der Waals surface area contributed by atoms with E-state index in [9.17, 15) is 13.2 Å². The summed E-state index contributed by atoms with van der Waals surface area (Å²) in [7, 11) is 0.668. The van der Waals surface area contributed by atoms with Crippen LogP contribution in [0.2, 0.25) is 0 Å². The number of hydrogen-bond donors (Lipinski definition) is 1. The first-order valence-corrected chi connectivity index (χ1v) is 9.46. The zero-order valence-corrected chi connectivity index (χ0v) is 14.8. The fraction of sp³-hybridized carbons (Fsp3) is 0.562. The molecule has 1 N–H and O–H groups in total. The Bertz CT molecular complexity index is 671. The third-order valence-electron chi connectivity index (χ3n) is 3.92. The van der Waals surface area contributed by atoms with Crippen molar-refractivity contribution in [3.8, 4) is 0 Å². The number of carbonyl (C=O) groups is 1. The molecule has 7 heteroatoms. The molecule has 0 bridgehead atoms. The highest BCUT2D eigenvalue weighted by Gasteiger charge is 2.27. The molecule has 1 heterocycles. The van der Waals surface area contributed by atoms with Crippen LogP contribution in [0.3, 0.4) is 0 Å². The minimum atomic E-state index is -3.23. The Morgan fingerprint density at radius 1 is 1.30 bits per heavy atom. The topological polar surface area (TPSA) is 69.7 Å². The molecule has 1 saturated heterocycles. The van der Waals surface area contributed by atoms with Gasteiger partial charge in [-0.2, -0.15) is 0 Å². The van der Waals surface area contributed by atoms with Crippen molar-refractivity contribution in [2.24, 2.45) is 0 Å². The molecule has 1 aliphatic heterocycles. The van der Waals surface area contributed by atoms with Crippen LogP contribution < -0.4 is 9.62 Å². The van der Waals surface area contributed by atoms with E-state index in [1.54, 1.807) is 18.2 Å². The number of sulfonamides is 1. The molecular weight excluding hydrogens is 314 g/mol. The van der Waals surface area contributed by atoms with Gasteiger partial charge < -0.3 is 10.2 Å². The zero-order valence-electron chi connectivity index (χ0n) is 14.0. The first-order chi connectivity index (χ1) is 10.8. The molecule has 0 radical (unpaired) electrons. The molecule has 1 aromatic rings. The Kier molecular flexibility index (Phi) is 5.64. The lowest BCUT2D eigenvalue weighted by Gasteiger charge is -2.29. The van der Waals surface area contributed by atoms with Gasteiger partial charge in [0.1, 0.15) is 0 Å². The standard InChI is InChI=1S/C16H25N3O3S/c1-13-12-14(16(20)17-8-10-18(2)3)6-7-15(13)19-9-4-5-11-23(19,21)22/h6-7,12H,4-5,8-11H2,1-3H3,(H,17,20). The van der Waals surface area contributed by atoms with E-state index in [1.807, 2.05) is 25.9 Å². The molecule has 0 atom stereocenters. The highest BCUT2D eigenvalue weighted by molar-refractivity contribution is 7.92. The summed E-state index contributed by atoms with van der Waals surface area (Å²) in [6, 6.07) is 5.18. The van der Waals surface area contributed by atoms with E-state index < -0.39 is 10.0 Å². The summed E-state index contributed by atoms with van der Waals surface area (Å²) in [5, 5.41) is 2.86. The van der Waals surface area contributed by atoms with E-state index in [-0.39, 0.29) is 11.7 Å². The summed E-state index contributed by atoms with van der Waals surface area (Å²) in [6.45, 7) is 3.70. The van der Waals surface area contributed by atoms with Gasteiger partial charge in [-0.25, -0.2) is 8.42 Å². The Morgan fingerprint density at radius 2 is 2.04 bits per heavy atom. The van der Waals surface area contributed by atoms with Crippen LogP contribution in [0.5, 0.6) is 0 Å². The van der Waals surface area contributed by atoms with Crippen LogP contribution in [0.4, 0.5) is 5.69 Å². The maximum absolute atomic E-state index is 12.2. The number of benzene rings is 1. The predicted molar refractivity (Wildman–Crippen MR) is 92.4 cm³/mol. The van der Waals surface area contributed by atoms with Crippen molar-refractivity contribution in [2.45, 2.75) is 19.8 Å². The van der Waals surface area contributed by atoms with Crippen molar-refractivity contribution >= 4 is 21.6 Å². The summed E-state index contributed by atoms with van der Waals surface area (Å²) in [5.74, 6) is 0.0576. The highest BCUT2D eigenvalue weighted by Crippen LogP contribution is 2.27. The average Bonchev–Trinajstić information content (AvgIpc) is 2.47. The number of nitrogens with one attached hydrogen (secondary N) is 1. The number of aryl methyl sites for hydroxylation is 1. The quantitative estimate of drug-likeness (QED) is 0.876. The van der Waals surface area contributed by atoms with Gasteiger partial charge in [-0.15, -0.1) is 0 Å². The van der Waals surface area contributed by atoms with Gasteiger partial charge in [0.05, 0.1) is 11.4 Å². The molecule has 0 saturated carbocycles. The molecule has 1 amide bonds. The van der Waals surface area contributed by atoms with Crippen LogP contribution in [0, 0.1) is 6.92 Å². The molecule has 0 unspecified atom stereocenters. The third kappa shape index (κ3) is 4.45. The molecule has 1 fully saturated rings. The molecule has 0 spiro atoms. The summed E-state index contributed by atoms with van der Waals surface area (Å²) in [6.07, 6.45) is 1.58. The second-order valence-corrected chi connectivity index (χ2v) is 8.17. The van der Waals surface area contributed by atoms with Gasteiger partial charge in [-0.05, 0) is 57.6 Å². The van der Waals surface area contributed by atoms with E-state index in [1.165, 1.54) is 4.31 Å². The SMILES string of the molecule is Cc1cc(C(=O)NCCN(C)C)ccc1N1CCCCS1(=O)=O. The Balaban J connectivity index is 2.13. The molecule has 0 aliphatic carbocycles. The Morgan fingerprint density at radius 3 is 2.65 bits per heavy atom. The van der Waals surface area contributed by atoms with Crippen molar-refractivity contribution in [1.29, 1.82) is 0 Å². The molecule has 0 aromatic heterocycles. The van der Waals surface area contributed by atoms with Crippen LogP contribution in [-0.2, 0) is 10.0 Å². The maximum atomic E-state index is 12.2. The number of likely N-dealkylation sites (N-methyl/N-ethyl adjacent to an activating group) is 1. The zero-order chi connectivity index (χ0) is 17.0. The van der Waals surface area contributed by atoms with Gasteiger partial charge in [-0.3, -0.25) is 9.10 Å². The summed E-state index contributed by atoms with van der Waals surface area (Å²) in [5.41, 5.74) is 2.03. The van der Waals surface area contributed by atoms with Gasteiger partial charge in [0, 0.05) is 25.2 Å². The van der Waals surface area contributed by atoms with Gasteiger partial charge >= 0.3 is 0 Å². The second-order valence-electron chi connectivity index (χ2n) is 6.16. The second kappa shape index (κ2) is 7.31. The molecule has 23 heavy (non-hydrogen) atoms. The Labute approximate surface area is 138 Å². The summed E-state index contributed by atoms with van der Waals surface area (Å²) >= 11 is 0. The number of carbonyl (C=O) groups excluding carboxylic acids is 1. The molecule has 1 aromatic carbocycles. The number of amides is 1. The van der Waals surface area contributed by atoms with Crippen LogP contribution in [0.1, 0.15) is 28.8 Å². The first kappa shape index (κ1) is 17.7. The number of hydrogen-bond acceptors (Lipinski definition) is 4. The fourth-order valence-corrected chi connectivity index (χ4v) is 4.33. The van der Waals surface area contributed by atoms with Crippen molar-refractivity contribution in [3.05, 3.63) is 29.3 Å². The van der Waals surface area contributed by atoms with Gasteiger partial charge in [0.2, 0.25) is 10.0 Å². The van der Waals surface area contributed by atoms with Gasteiger partial charge in [0.25, 0.3) is 5.91 Å². The predicted octanol–water partition coefficient (Wildman–Crippen LogP) is 1.22. The van der Waals surface area contributed by atoms with E-state index in [0.29, 0.717) is 30.8 Å². The number of nitrogens with zero attached hydrogens (tertiary/aromatic N) is 2. The monoisotopic (exact) mass is 339 g/mol. The number of rotatable bonds is 5. The molecular formula is C16H25N3O3S. The van der Waals surface area contributed by atoms with Crippen LogP contribution in [0.25, 0.3) is 0 Å². The normalized spacial score (nSPS) is 17.3. The van der Waals surface area contributed by atoms with Gasteiger partial charge in [-0.1, -0.05) is 0 Å². The largest absolute Gasteiger partial charge is 0.351 e. The van der Waals surface area contributed by atoms with Crippen LogP contribution in [0.15, 0.2) is 18.2 Å². The fourth-order valence-electron chi connectivity index (χ4n) is 2.63. The van der Waals surface area contributed by atoms with E-state index in [2.05, 4.69) is 5.32 Å². The van der Waals surface area contributed by atoms with E-state index >= 15 is 0 Å². The lowest BCUT2D eigenvalue weighted by Crippen LogP contribution is -2.38. The maximum Gasteiger partial charge on any atom is 0.251 e. The lowest BCUT2D eigenvalue weighted by molar-refractivity contribution is 0.0951. The van der Waals surface area contributed by atoms with Crippen LogP contribution in [-0.4, -0.2) is 58.7 Å². The minimum absolute atomic E-state index is 0.136. The summed E-state index contributed by atoms with van der Waals surface area (Å²) in [4.78, 5) is 14.1. The molecule has 6 nitrogen and oxygen atoms in total. The average molecular weight is 339 g/mol. The van der Waals surface area contributed by atoms with Crippen molar-refractivity contribution in [3.63, 3.8) is 0 Å². The van der Waals surface area contributed by atoms with E-state index in [4.69, 9.17) is 0 Å². The lowest BCUT2D eigenvalue weighted by atomic mass is 10.1. The molecule has 128 valence electrons. The van der Waals surface area contributed by atoms with Gasteiger partial charge in [0.15, 0.2) is 0 Å². The molecule has 1 aliphatic rings. The highest BCUT2D eigenvalue weighted by atomic mass is 32.2. The Hall–Kier alpha value is -1.60. The first-order valence-electron chi connectivity index (χ1n) is 7.85. The third-order valence-corrected chi connectivity index (χ3v) is 5.78. The summed E-state index contributed by atoms with van der Waals surface area (Å²) < 4.78 is 25.9. The van der Waals surface area contributed by atoms with Crippen molar-refractivity contribution in [2.75, 3.05) is 43.8 Å².